The van der Waals surface area contributed by atoms with Gasteiger partial charge in [-0.25, -0.2) is 12.8 Å². The van der Waals surface area contributed by atoms with Crippen LogP contribution in [0.2, 0.25) is 0 Å². The van der Waals surface area contributed by atoms with Crippen LogP contribution in [-0.4, -0.2) is 37.4 Å². The summed E-state index contributed by atoms with van der Waals surface area (Å²) in [6.07, 6.45) is 0. The van der Waals surface area contributed by atoms with Crippen LogP contribution in [0.1, 0.15) is 5.56 Å². The zero-order chi connectivity index (χ0) is 13.2. The summed E-state index contributed by atoms with van der Waals surface area (Å²) in [4.78, 5) is 10.2. The normalized spacial score (nSPS) is 11.8. The number of carbonyl (C=O) groups is 1. The van der Waals surface area contributed by atoms with Crippen molar-refractivity contribution in [2.75, 3.05) is 13.6 Å². The summed E-state index contributed by atoms with van der Waals surface area (Å²) in [6, 6.07) is 3.65. The predicted molar refractivity (Wildman–Crippen MR) is 58.6 cm³/mol. The molecule has 0 aliphatic carbocycles. The molecule has 1 aromatic rings. The fraction of sp³-hybridized carbons (Fsp3) is 0.300. The molecule has 7 heteroatoms. The zero-order valence-electron chi connectivity index (χ0n) is 9.34. The maximum absolute atomic E-state index is 13.2. The van der Waals surface area contributed by atoms with Crippen LogP contribution in [0.3, 0.4) is 0 Å². The molecule has 0 atom stereocenters. The van der Waals surface area contributed by atoms with Crippen LogP contribution in [0.4, 0.5) is 4.39 Å². The molecule has 0 fully saturated rings. The van der Waals surface area contributed by atoms with Gasteiger partial charge in [-0.3, -0.25) is 4.79 Å². The summed E-state index contributed by atoms with van der Waals surface area (Å²) in [5.41, 5.74) is -0.0234. The molecule has 0 unspecified atom stereocenters. The molecule has 1 aromatic carbocycles. The van der Waals surface area contributed by atoms with Gasteiger partial charge in [-0.05, 0) is 19.1 Å². The lowest BCUT2D eigenvalue weighted by atomic mass is 10.2. The van der Waals surface area contributed by atoms with Gasteiger partial charge in [-0.2, -0.15) is 4.31 Å². The first kappa shape index (κ1) is 13.6. The van der Waals surface area contributed by atoms with E-state index in [2.05, 4.69) is 0 Å². The highest BCUT2D eigenvalue weighted by atomic mass is 32.2. The first-order chi connectivity index (χ1) is 7.76. The fourth-order valence-electron chi connectivity index (χ4n) is 1.31. The summed E-state index contributed by atoms with van der Waals surface area (Å²) >= 11 is 0. The first-order valence-electron chi connectivity index (χ1n) is 4.70. The Labute approximate surface area is 98.5 Å². The van der Waals surface area contributed by atoms with Gasteiger partial charge in [0.25, 0.3) is 0 Å². The molecule has 0 bridgehead atoms. The van der Waals surface area contributed by atoms with E-state index >= 15 is 0 Å². The average molecular weight is 261 g/mol. The standard InChI is InChI=1S/C10H12FNO4S/c1-7-8(11)4-3-5-9(7)17(15,16)12(2)6-10(13)14/h3-5H,6H2,1-2H3,(H,13,14). The quantitative estimate of drug-likeness (QED) is 0.871. The van der Waals surface area contributed by atoms with Gasteiger partial charge in [0.2, 0.25) is 10.0 Å². The monoisotopic (exact) mass is 261 g/mol. The molecule has 0 heterocycles. The molecule has 1 rings (SSSR count). The summed E-state index contributed by atoms with van der Waals surface area (Å²) < 4.78 is 37.8. The molecule has 0 spiro atoms. The SMILES string of the molecule is Cc1c(F)cccc1S(=O)(=O)N(C)CC(=O)O. The smallest absolute Gasteiger partial charge is 0.318 e. The van der Waals surface area contributed by atoms with Crippen LogP contribution in [-0.2, 0) is 14.8 Å². The number of halogens is 1. The number of hydrogen-bond donors (Lipinski definition) is 1. The summed E-state index contributed by atoms with van der Waals surface area (Å²) in [5.74, 6) is -1.92. The second-order valence-electron chi connectivity index (χ2n) is 3.52. The van der Waals surface area contributed by atoms with Gasteiger partial charge in [0.15, 0.2) is 0 Å². The van der Waals surface area contributed by atoms with E-state index in [1.807, 2.05) is 0 Å². The molecule has 0 aliphatic heterocycles. The Kier molecular flexibility index (Phi) is 3.84. The molecule has 0 saturated heterocycles. The molecular weight excluding hydrogens is 249 g/mol. The van der Waals surface area contributed by atoms with Crippen molar-refractivity contribution in [3.8, 4) is 0 Å². The van der Waals surface area contributed by atoms with Crippen LogP contribution in [0.25, 0.3) is 0 Å². The first-order valence-corrected chi connectivity index (χ1v) is 6.14. The van der Waals surface area contributed by atoms with Gasteiger partial charge < -0.3 is 5.11 Å². The number of likely N-dealkylation sites (N-methyl/N-ethyl adjacent to an activating group) is 1. The minimum atomic E-state index is -3.97. The molecular formula is C10H12FNO4S. The average Bonchev–Trinajstić information content (AvgIpc) is 2.20. The van der Waals surface area contributed by atoms with Crippen molar-refractivity contribution in [1.82, 2.24) is 4.31 Å². The second-order valence-corrected chi connectivity index (χ2v) is 5.53. The number of sulfonamides is 1. The molecule has 0 amide bonds. The summed E-state index contributed by atoms with van der Waals surface area (Å²) in [7, 11) is -2.84. The Hall–Kier alpha value is -1.47. The van der Waals surface area contributed by atoms with Crippen LogP contribution in [0.5, 0.6) is 0 Å². The molecule has 0 aliphatic rings. The molecule has 1 N–H and O–H groups in total. The van der Waals surface area contributed by atoms with Crippen molar-refractivity contribution in [2.45, 2.75) is 11.8 Å². The lowest BCUT2D eigenvalue weighted by Crippen LogP contribution is -2.32. The van der Waals surface area contributed by atoms with Crippen LogP contribution in [0, 0.1) is 12.7 Å². The summed E-state index contributed by atoms with van der Waals surface area (Å²) in [5, 5.41) is 8.54. The molecule has 94 valence electrons. The number of carboxylic acids is 1. The lowest BCUT2D eigenvalue weighted by Gasteiger charge is -2.16. The van der Waals surface area contributed by atoms with E-state index in [0.717, 1.165) is 13.1 Å². The van der Waals surface area contributed by atoms with E-state index in [1.54, 1.807) is 0 Å². The number of aliphatic carboxylic acids is 1. The second kappa shape index (κ2) is 4.80. The van der Waals surface area contributed by atoms with Crippen molar-refractivity contribution in [1.29, 1.82) is 0 Å². The third-order valence-electron chi connectivity index (χ3n) is 2.26. The maximum atomic E-state index is 13.2. The van der Waals surface area contributed by atoms with Gasteiger partial charge in [0, 0.05) is 12.6 Å². The van der Waals surface area contributed by atoms with Gasteiger partial charge in [-0.1, -0.05) is 6.07 Å². The highest BCUT2D eigenvalue weighted by Gasteiger charge is 2.25. The fourth-order valence-corrected chi connectivity index (χ4v) is 2.66. The van der Waals surface area contributed by atoms with Crippen molar-refractivity contribution >= 4 is 16.0 Å². The van der Waals surface area contributed by atoms with E-state index in [-0.39, 0.29) is 10.5 Å². The van der Waals surface area contributed by atoms with Gasteiger partial charge in [0.05, 0.1) is 4.90 Å². The van der Waals surface area contributed by atoms with E-state index in [0.29, 0.717) is 4.31 Å². The Bertz CT molecular complexity index is 541. The Balaban J connectivity index is 3.22. The Morgan fingerprint density at radius 1 is 1.47 bits per heavy atom. The van der Waals surface area contributed by atoms with E-state index in [1.165, 1.54) is 19.1 Å². The van der Waals surface area contributed by atoms with E-state index in [9.17, 15) is 17.6 Å². The van der Waals surface area contributed by atoms with E-state index < -0.39 is 28.4 Å². The highest BCUT2D eigenvalue weighted by Crippen LogP contribution is 2.20. The lowest BCUT2D eigenvalue weighted by molar-refractivity contribution is -0.137. The van der Waals surface area contributed by atoms with Crippen LogP contribution < -0.4 is 0 Å². The van der Waals surface area contributed by atoms with Gasteiger partial charge >= 0.3 is 5.97 Å². The number of nitrogens with zero attached hydrogens (tertiary/aromatic N) is 1. The number of benzene rings is 1. The third kappa shape index (κ3) is 2.80. The third-order valence-corrected chi connectivity index (χ3v) is 4.21. The Morgan fingerprint density at radius 3 is 2.59 bits per heavy atom. The summed E-state index contributed by atoms with van der Waals surface area (Å²) in [6.45, 7) is 0.662. The molecule has 0 aromatic heterocycles. The molecule has 17 heavy (non-hydrogen) atoms. The van der Waals surface area contributed by atoms with Gasteiger partial charge in [0.1, 0.15) is 12.4 Å². The number of carboxylic acid groups (broad SMARTS) is 1. The number of hydrogen-bond acceptors (Lipinski definition) is 3. The minimum absolute atomic E-state index is 0.0234. The van der Waals surface area contributed by atoms with Crippen molar-refractivity contribution < 1.29 is 22.7 Å². The molecule has 0 saturated carbocycles. The minimum Gasteiger partial charge on any atom is -0.480 e. The van der Waals surface area contributed by atoms with Crippen molar-refractivity contribution in [2.24, 2.45) is 0 Å². The predicted octanol–water partition coefficient (Wildman–Crippen LogP) is 0.839. The Morgan fingerprint density at radius 2 is 2.06 bits per heavy atom. The molecule has 0 radical (unpaired) electrons. The van der Waals surface area contributed by atoms with E-state index in [4.69, 9.17) is 5.11 Å². The van der Waals surface area contributed by atoms with Gasteiger partial charge in [-0.15, -0.1) is 0 Å². The van der Waals surface area contributed by atoms with Crippen LogP contribution in [0.15, 0.2) is 23.1 Å². The largest absolute Gasteiger partial charge is 0.480 e. The zero-order valence-corrected chi connectivity index (χ0v) is 10.2. The topological polar surface area (TPSA) is 74.7 Å². The van der Waals surface area contributed by atoms with Crippen LogP contribution >= 0.6 is 0 Å². The highest BCUT2D eigenvalue weighted by molar-refractivity contribution is 7.89. The maximum Gasteiger partial charge on any atom is 0.318 e. The molecule has 5 nitrogen and oxygen atoms in total. The number of rotatable bonds is 4. The van der Waals surface area contributed by atoms with Crippen molar-refractivity contribution in [3.63, 3.8) is 0 Å². The van der Waals surface area contributed by atoms with Crippen molar-refractivity contribution in [3.05, 3.63) is 29.6 Å².